The first kappa shape index (κ1) is 15.9. The van der Waals surface area contributed by atoms with Gasteiger partial charge in [-0.15, -0.1) is 0 Å². The van der Waals surface area contributed by atoms with Crippen LogP contribution in [0, 0.1) is 13.8 Å². The third-order valence-corrected chi connectivity index (χ3v) is 4.23. The minimum absolute atomic E-state index is 0.174. The van der Waals surface area contributed by atoms with E-state index in [2.05, 4.69) is 15.3 Å². The Balaban J connectivity index is 1.78. The van der Waals surface area contributed by atoms with Gasteiger partial charge in [-0.2, -0.15) is 0 Å². The third kappa shape index (κ3) is 2.90. The molecule has 2 heterocycles. The van der Waals surface area contributed by atoms with Gasteiger partial charge in [0.2, 0.25) is 5.95 Å². The lowest BCUT2D eigenvalue weighted by molar-refractivity contribution is 0.102. The molecule has 2 aromatic heterocycles. The van der Waals surface area contributed by atoms with Crippen LogP contribution in [0.25, 0.3) is 11.3 Å². The molecule has 0 atom stereocenters. The van der Waals surface area contributed by atoms with Crippen LogP contribution >= 0.6 is 0 Å². The number of hydrogen-bond acceptors (Lipinski definition) is 3. The molecule has 0 unspecified atom stereocenters. The van der Waals surface area contributed by atoms with Crippen LogP contribution in [0.2, 0.25) is 0 Å². The normalized spacial score (nSPS) is 10.7. The average molecular weight is 324 g/mol. The fraction of sp³-hybridized carbons (Fsp3) is 0.222. The Labute approximate surface area is 140 Å². The van der Waals surface area contributed by atoms with Crippen LogP contribution < -0.4 is 10.1 Å². The molecule has 0 saturated heterocycles. The summed E-state index contributed by atoms with van der Waals surface area (Å²) >= 11 is 0. The highest BCUT2D eigenvalue weighted by Crippen LogP contribution is 2.22. The number of H-pyrrole nitrogens is 1. The van der Waals surface area contributed by atoms with Crippen LogP contribution in [-0.2, 0) is 7.05 Å². The lowest BCUT2D eigenvalue weighted by Crippen LogP contribution is -2.13. The van der Waals surface area contributed by atoms with Crippen LogP contribution in [0.5, 0.6) is 5.75 Å². The van der Waals surface area contributed by atoms with Crippen LogP contribution in [0.1, 0.15) is 21.7 Å². The number of carbonyl (C=O) groups is 1. The Morgan fingerprint density at radius 1 is 1.25 bits per heavy atom. The average Bonchev–Trinajstić information content (AvgIpc) is 3.15. The van der Waals surface area contributed by atoms with Crippen molar-refractivity contribution in [3.8, 4) is 17.0 Å². The van der Waals surface area contributed by atoms with Gasteiger partial charge >= 0.3 is 0 Å². The number of methoxy groups -OCH3 is 1. The summed E-state index contributed by atoms with van der Waals surface area (Å²) in [6.07, 6.45) is 1.69. The van der Waals surface area contributed by atoms with E-state index >= 15 is 0 Å². The number of aryl methyl sites for hydroxylation is 1. The maximum atomic E-state index is 12.4. The van der Waals surface area contributed by atoms with Crippen molar-refractivity contribution in [3.63, 3.8) is 0 Å². The van der Waals surface area contributed by atoms with Crippen molar-refractivity contribution in [3.05, 3.63) is 53.5 Å². The second-order valence-corrected chi connectivity index (χ2v) is 5.67. The molecule has 0 bridgehead atoms. The number of anilines is 1. The zero-order valence-electron chi connectivity index (χ0n) is 14.2. The molecule has 2 N–H and O–H groups in total. The lowest BCUT2D eigenvalue weighted by Gasteiger charge is -2.03. The summed E-state index contributed by atoms with van der Waals surface area (Å²) in [6, 6.07) is 9.50. The van der Waals surface area contributed by atoms with E-state index in [1.807, 2.05) is 55.8 Å². The van der Waals surface area contributed by atoms with Crippen molar-refractivity contribution in [2.45, 2.75) is 13.8 Å². The number of aromatic amines is 1. The van der Waals surface area contributed by atoms with E-state index in [1.165, 1.54) is 0 Å². The lowest BCUT2D eigenvalue weighted by atomic mass is 10.2. The monoisotopic (exact) mass is 324 g/mol. The number of nitrogens with one attached hydrogen (secondary N) is 2. The molecular formula is C18H20N4O2. The summed E-state index contributed by atoms with van der Waals surface area (Å²) in [5.41, 5.74) is 4.41. The van der Waals surface area contributed by atoms with Gasteiger partial charge in [-0.1, -0.05) is 0 Å². The summed E-state index contributed by atoms with van der Waals surface area (Å²) in [6.45, 7) is 3.89. The number of nitrogens with zero attached hydrogens (tertiary/aromatic N) is 2. The maximum Gasteiger partial charge on any atom is 0.259 e. The number of hydrogen-bond donors (Lipinski definition) is 2. The van der Waals surface area contributed by atoms with E-state index in [4.69, 9.17) is 4.74 Å². The quantitative estimate of drug-likeness (QED) is 0.773. The van der Waals surface area contributed by atoms with E-state index in [1.54, 1.807) is 13.3 Å². The van der Waals surface area contributed by atoms with Gasteiger partial charge in [0.15, 0.2) is 0 Å². The number of rotatable bonds is 4. The van der Waals surface area contributed by atoms with Gasteiger partial charge < -0.3 is 14.3 Å². The molecule has 1 amide bonds. The van der Waals surface area contributed by atoms with Crippen molar-refractivity contribution in [2.24, 2.45) is 7.05 Å². The predicted molar refractivity (Wildman–Crippen MR) is 93.4 cm³/mol. The van der Waals surface area contributed by atoms with E-state index < -0.39 is 0 Å². The summed E-state index contributed by atoms with van der Waals surface area (Å²) in [4.78, 5) is 19.8. The molecule has 6 nitrogen and oxygen atoms in total. The van der Waals surface area contributed by atoms with Crippen LogP contribution in [0.3, 0.4) is 0 Å². The van der Waals surface area contributed by atoms with Gasteiger partial charge in [-0.05, 0) is 49.7 Å². The molecule has 3 rings (SSSR count). The van der Waals surface area contributed by atoms with Gasteiger partial charge in [0.05, 0.1) is 24.6 Å². The first-order valence-corrected chi connectivity index (χ1v) is 7.63. The minimum Gasteiger partial charge on any atom is -0.497 e. The molecule has 0 radical (unpaired) electrons. The van der Waals surface area contributed by atoms with Crippen LogP contribution in [0.15, 0.2) is 36.5 Å². The number of aromatic nitrogens is 3. The molecule has 0 fully saturated rings. The van der Waals surface area contributed by atoms with Gasteiger partial charge in [0.1, 0.15) is 5.75 Å². The second-order valence-electron chi connectivity index (χ2n) is 5.67. The van der Waals surface area contributed by atoms with Gasteiger partial charge in [-0.25, -0.2) is 4.98 Å². The topological polar surface area (TPSA) is 71.9 Å². The smallest absolute Gasteiger partial charge is 0.259 e. The number of benzene rings is 1. The molecule has 0 aliphatic heterocycles. The number of ether oxygens (including phenoxy) is 1. The molecule has 124 valence electrons. The molecule has 0 spiro atoms. The first-order valence-electron chi connectivity index (χ1n) is 7.63. The molecule has 6 heteroatoms. The molecule has 0 aliphatic carbocycles. The summed E-state index contributed by atoms with van der Waals surface area (Å²) in [7, 11) is 3.57. The van der Waals surface area contributed by atoms with E-state index in [0.29, 0.717) is 11.5 Å². The van der Waals surface area contributed by atoms with E-state index in [9.17, 15) is 4.79 Å². The van der Waals surface area contributed by atoms with Gasteiger partial charge in [0.25, 0.3) is 5.91 Å². The first-order chi connectivity index (χ1) is 11.5. The molecule has 24 heavy (non-hydrogen) atoms. The van der Waals surface area contributed by atoms with Crippen LogP contribution in [0.4, 0.5) is 5.95 Å². The predicted octanol–water partition coefficient (Wildman–Crippen LogP) is 3.29. The summed E-state index contributed by atoms with van der Waals surface area (Å²) < 4.78 is 7.14. The van der Waals surface area contributed by atoms with Crippen molar-refractivity contribution < 1.29 is 9.53 Å². The number of carbonyl (C=O) groups excluding carboxylic acids is 1. The summed E-state index contributed by atoms with van der Waals surface area (Å²) in [5.74, 6) is 1.04. The molecule has 0 saturated carbocycles. The van der Waals surface area contributed by atoms with Crippen LogP contribution in [-0.4, -0.2) is 27.6 Å². The van der Waals surface area contributed by atoms with Crippen molar-refractivity contribution in [2.75, 3.05) is 12.4 Å². The van der Waals surface area contributed by atoms with Gasteiger partial charge in [0, 0.05) is 18.4 Å². The fourth-order valence-electron chi connectivity index (χ4n) is 2.56. The molecular weight excluding hydrogens is 304 g/mol. The Bertz CT molecular complexity index is 875. The molecule has 0 aliphatic rings. The second kappa shape index (κ2) is 6.23. The maximum absolute atomic E-state index is 12.4. The number of amides is 1. The fourth-order valence-corrected chi connectivity index (χ4v) is 2.56. The SMILES string of the molecule is COc1ccc(-c2cnc(NC(=O)c3cc(C)n(C)c3C)[nH]2)cc1. The standard InChI is InChI=1S/C18H20N4O2/c1-11-9-15(12(2)22(11)3)17(23)21-18-19-10-16(20-18)13-5-7-14(24-4)8-6-13/h5-10H,1-4H3,(H2,19,20,21,23). The zero-order chi connectivity index (χ0) is 17.3. The molecule has 1 aromatic carbocycles. The van der Waals surface area contributed by atoms with Crippen molar-refractivity contribution in [1.82, 2.24) is 14.5 Å². The van der Waals surface area contributed by atoms with Crippen molar-refractivity contribution >= 4 is 11.9 Å². The zero-order valence-corrected chi connectivity index (χ0v) is 14.2. The Morgan fingerprint density at radius 3 is 2.54 bits per heavy atom. The highest BCUT2D eigenvalue weighted by atomic mass is 16.5. The Hall–Kier alpha value is -3.02. The van der Waals surface area contributed by atoms with Gasteiger partial charge in [-0.3, -0.25) is 10.1 Å². The van der Waals surface area contributed by atoms with E-state index in [0.717, 1.165) is 28.4 Å². The summed E-state index contributed by atoms with van der Waals surface area (Å²) in [5, 5.41) is 2.81. The minimum atomic E-state index is -0.174. The largest absolute Gasteiger partial charge is 0.497 e. The van der Waals surface area contributed by atoms with E-state index in [-0.39, 0.29) is 5.91 Å². The third-order valence-electron chi connectivity index (χ3n) is 4.23. The highest BCUT2D eigenvalue weighted by Gasteiger charge is 2.15. The van der Waals surface area contributed by atoms with Crippen molar-refractivity contribution in [1.29, 1.82) is 0 Å². The number of imidazole rings is 1. The molecule has 3 aromatic rings. The Morgan fingerprint density at radius 2 is 1.96 bits per heavy atom. The Kier molecular flexibility index (Phi) is 4.12. The highest BCUT2D eigenvalue weighted by molar-refractivity contribution is 6.04.